The Morgan fingerprint density at radius 3 is 1.57 bits per heavy atom. The van der Waals surface area contributed by atoms with Crippen molar-refractivity contribution in [1.82, 2.24) is 5.11 Å². The molecule has 0 fully saturated rings. The second-order valence-corrected chi connectivity index (χ2v) is 2.53. The molecule has 0 atom stereocenters. The highest BCUT2D eigenvalue weighted by Crippen LogP contribution is 2.31. The zero-order valence-electron chi connectivity index (χ0n) is 3.21. The highest BCUT2D eigenvalue weighted by molar-refractivity contribution is 7.56. The number of halogens is 2. The van der Waals surface area contributed by atoms with Crippen LogP contribution in [-0.2, 0) is 4.57 Å². The maximum Gasteiger partial charge on any atom is 0.334 e. The van der Waals surface area contributed by atoms with Crippen molar-refractivity contribution in [3.8, 4) is 0 Å². The van der Waals surface area contributed by atoms with Gasteiger partial charge in [-0.2, -0.15) is 0 Å². The average molecular weight is 131 g/mol. The molecular formula is H4F2N3OP. The van der Waals surface area contributed by atoms with Crippen molar-refractivity contribution in [2.75, 3.05) is 0 Å². The third-order valence-electron chi connectivity index (χ3n) is 0.236. The van der Waals surface area contributed by atoms with Crippen LogP contribution in [-0.4, -0.2) is 5.11 Å². The summed E-state index contributed by atoms with van der Waals surface area (Å²) in [6.07, 6.45) is 0. The molecule has 0 unspecified atom stereocenters. The van der Waals surface area contributed by atoms with E-state index in [4.69, 9.17) is 0 Å². The van der Waals surface area contributed by atoms with Crippen molar-refractivity contribution in [1.29, 1.82) is 0 Å². The molecular weight excluding hydrogens is 127 g/mol. The third-order valence-corrected chi connectivity index (χ3v) is 0.709. The molecule has 0 spiro atoms. The molecule has 7 heavy (non-hydrogen) atoms. The maximum atomic E-state index is 10.9. The molecule has 0 aromatic rings. The van der Waals surface area contributed by atoms with Gasteiger partial charge < -0.3 is 0 Å². The van der Waals surface area contributed by atoms with E-state index >= 15 is 0 Å². The summed E-state index contributed by atoms with van der Waals surface area (Å²) in [5.41, 5.74) is 8.38. The minimum atomic E-state index is -4.24. The van der Waals surface area contributed by atoms with Crippen molar-refractivity contribution in [3.63, 3.8) is 0 Å². The first-order valence-electron chi connectivity index (χ1n) is 1.24. The van der Waals surface area contributed by atoms with E-state index < -0.39 is 12.7 Å². The van der Waals surface area contributed by atoms with Gasteiger partial charge in [-0.05, 0) is 0 Å². The first-order chi connectivity index (χ1) is 2.94. The monoisotopic (exact) mass is 131 g/mol. The molecule has 4 nitrogen and oxygen atoms in total. The summed E-state index contributed by atoms with van der Waals surface area (Å²) in [5.74, 6) is 0. The molecule has 0 radical (unpaired) electrons. The van der Waals surface area contributed by atoms with E-state index in [0.717, 1.165) is 0 Å². The van der Waals surface area contributed by atoms with Gasteiger partial charge in [-0.1, -0.05) is 8.96 Å². The van der Waals surface area contributed by atoms with Gasteiger partial charge in [0, 0.05) is 0 Å². The topological polar surface area (TPSA) is 72.3 Å². The van der Waals surface area contributed by atoms with Crippen LogP contribution in [0.25, 0.3) is 0 Å². The molecule has 0 saturated heterocycles. The van der Waals surface area contributed by atoms with Gasteiger partial charge in [0.1, 0.15) is 5.11 Å². The van der Waals surface area contributed by atoms with Crippen LogP contribution in [0.1, 0.15) is 0 Å². The fourth-order valence-electron chi connectivity index (χ4n) is 0. The molecule has 0 saturated carbocycles. The Bertz CT molecular complexity index is 95.1. The van der Waals surface area contributed by atoms with E-state index in [1.165, 1.54) is 0 Å². The maximum absolute atomic E-state index is 10.9. The van der Waals surface area contributed by atoms with Gasteiger partial charge in [-0.25, -0.2) is 0 Å². The van der Waals surface area contributed by atoms with Gasteiger partial charge in [0.25, 0.3) is 0 Å². The number of nitrogens with zero attached hydrogens (tertiary/aromatic N) is 1. The fourth-order valence-corrected chi connectivity index (χ4v) is 0. The minimum Gasteiger partial charge on any atom is -0.266 e. The Labute approximate surface area is 38.5 Å². The number of rotatable bonds is 1. The smallest absolute Gasteiger partial charge is 0.266 e. The summed E-state index contributed by atoms with van der Waals surface area (Å²) >= 11 is 0. The second kappa shape index (κ2) is 1.83. The highest BCUT2D eigenvalue weighted by Gasteiger charge is 2.19. The molecule has 0 aromatic heterocycles. The summed E-state index contributed by atoms with van der Waals surface area (Å²) in [7, 11) is -4.24. The predicted octanol–water partition coefficient (Wildman–Crippen LogP) is 0.0829. The second-order valence-electron chi connectivity index (χ2n) is 0.888. The Morgan fingerprint density at radius 2 is 1.57 bits per heavy atom. The Morgan fingerprint density at radius 1 is 1.43 bits per heavy atom. The van der Waals surface area contributed by atoms with Crippen molar-refractivity contribution in [2.45, 2.75) is 0 Å². The van der Waals surface area contributed by atoms with Crippen LogP contribution >= 0.6 is 7.59 Å². The molecule has 44 valence electrons. The van der Waals surface area contributed by atoms with Crippen molar-refractivity contribution >= 4 is 7.59 Å². The Balaban J connectivity index is 3.80. The molecule has 0 aromatic carbocycles. The molecule has 0 aliphatic heterocycles. The molecule has 0 heterocycles. The molecule has 0 bridgehead atoms. The van der Waals surface area contributed by atoms with Crippen LogP contribution in [0, 0.1) is 0 Å². The summed E-state index contributed by atoms with van der Waals surface area (Å²) < 4.78 is 31.4. The van der Waals surface area contributed by atoms with E-state index in [1.807, 2.05) is 0 Å². The molecule has 0 aliphatic rings. The molecule has 0 rings (SSSR count). The number of hydrogen-bond donors (Lipinski definition) is 2. The van der Waals surface area contributed by atoms with Crippen LogP contribution in [0.5, 0.6) is 0 Å². The molecule has 4 N–H and O–H groups in total. The number of nitrogens with two attached hydrogens (primary N) is 2. The molecule has 7 heteroatoms. The van der Waals surface area contributed by atoms with E-state index in [2.05, 4.69) is 11.0 Å². The van der Waals surface area contributed by atoms with Crippen LogP contribution in [0.15, 0.2) is 0 Å². The first-order valence-corrected chi connectivity index (χ1v) is 3.03. The van der Waals surface area contributed by atoms with Crippen LogP contribution in [0.3, 0.4) is 0 Å². The SMILES string of the molecule is NP(N)(=O)N(F)F. The summed E-state index contributed by atoms with van der Waals surface area (Å²) in [6.45, 7) is 0. The van der Waals surface area contributed by atoms with E-state index in [9.17, 15) is 13.5 Å². The Kier molecular flexibility index (Phi) is 1.82. The van der Waals surface area contributed by atoms with Crippen LogP contribution in [0.4, 0.5) is 8.96 Å². The predicted molar refractivity (Wildman–Crippen MR) is 20.0 cm³/mol. The largest absolute Gasteiger partial charge is 0.334 e. The van der Waals surface area contributed by atoms with Gasteiger partial charge in [0.05, 0.1) is 0 Å². The van der Waals surface area contributed by atoms with Gasteiger partial charge in [0.2, 0.25) is 0 Å². The van der Waals surface area contributed by atoms with E-state index in [-0.39, 0.29) is 0 Å². The summed E-state index contributed by atoms with van der Waals surface area (Å²) in [4.78, 5) is 0. The van der Waals surface area contributed by atoms with Crippen molar-refractivity contribution < 1.29 is 13.5 Å². The molecule has 0 aliphatic carbocycles. The lowest BCUT2D eigenvalue weighted by Gasteiger charge is -2.01. The van der Waals surface area contributed by atoms with Gasteiger partial charge in [-0.15, -0.1) is 0 Å². The lowest BCUT2D eigenvalue weighted by molar-refractivity contribution is -0.0581. The zero-order chi connectivity index (χ0) is 6.08. The average Bonchev–Trinajstić information content (AvgIpc) is 1.31. The normalized spacial score (nSPS) is 12.7. The zero-order valence-corrected chi connectivity index (χ0v) is 4.11. The first kappa shape index (κ1) is 6.97. The van der Waals surface area contributed by atoms with Crippen LogP contribution in [0.2, 0.25) is 0 Å². The van der Waals surface area contributed by atoms with E-state index in [1.54, 1.807) is 0 Å². The third kappa shape index (κ3) is 2.64. The summed E-state index contributed by atoms with van der Waals surface area (Å²) in [6, 6.07) is 0. The highest BCUT2D eigenvalue weighted by atomic mass is 31.2. The van der Waals surface area contributed by atoms with E-state index in [0.29, 0.717) is 0 Å². The minimum absolute atomic E-state index is 1.70. The van der Waals surface area contributed by atoms with Gasteiger partial charge in [-0.3, -0.25) is 15.6 Å². The quantitative estimate of drug-likeness (QED) is 0.390. The lowest BCUT2D eigenvalue weighted by Crippen LogP contribution is -2.14. The Hall–Kier alpha value is -0.0300. The van der Waals surface area contributed by atoms with Crippen LogP contribution < -0.4 is 11.0 Å². The fraction of sp³-hybridized carbons (Fsp3) is 0. The lowest BCUT2D eigenvalue weighted by atomic mass is 13.6. The van der Waals surface area contributed by atoms with Gasteiger partial charge >= 0.3 is 7.59 Å². The standard InChI is InChI=1S/F2H4N3OP/c1-5(2)7(3,4)6/h(H4,3,4,6). The van der Waals surface area contributed by atoms with Crippen molar-refractivity contribution in [3.05, 3.63) is 0 Å². The van der Waals surface area contributed by atoms with Gasteiger partial charge in [0.15, 0.2) is 0 Å². The molecule has 0 amide bonds. The van der Waals surface area contributed by atoms with Crippen molar-refractivity contribution in [2.24, 2.45) is 11.0 Å². The summed E-state index contributed by atoms with van der Waals surface area (Å²) in [5, 5.41) is -1.70. The number of hydrogen-bond acceptors (Lipinski definition) is 1.